The molecule has 5 rings (SSSR count). The van der Waals surface area contributed by atoms with Gasteiger partial charge in [-0.05, 0) is 41.5 Å². The van der Waals surface area contributed by atoms with E-state index >= 15 is 0 Å². The van der Waals surface area contributed by atoms with Crippen LogP contribution in [-0.2, 0) is 16.1 Å². The van der Waals surface area contributed by atoms with E-state index in [1.54, 1.807) is 18.2 Å². The number of carbonyl (C=O) groups excluding carboxylic acids is 2. The van der Waals surface area contributed by atoms with Gasteiger partial charge in [-0.25, -0.2) is 0 Å². The summed E-state index contributed by atoms with van der Waals surface area (Å²) in [5.74, 6) is -0.527. The maximum atomic E-state index is 13.3. The normalized spacial score (nSPS) is 18.6. The van der Waals surface area contributed by atoms with Gasteiger partial charge in [0.2, 0.25) is 0 Å². The monoisotopic (exact) mass is 470 g/mol. The van der Waals surface area contributed by atoms with Gasteiger partial charge in [0.1, 0.15) is 19.0 Å². The molecule has 1 fully saturated rings. The van der Waals surface area contributed by atoms with Crippen molar-refractivity contribution in [3.8, 4) is 11.5 Å². The third kappa shape index (κ3) is 4.21. The zero-order valence-electron chi connectivity index (χ0n) is 19.6. The number of hydrogen-bond acceptors (Lipinski definition) is 6. The van der Waals surface area contributed by atoms with Gasteiger partial charge in [-0.15, -0.1) is 0 Å². The molecule has 0 aliphatic carbocycles. The Bertz CT molecular complexity index is 1300. The van der Waals surface area contributed by atoms with E-state index in [1.165, 1.54) is 4.90 Å². The quantitative estimate of drug-likeness (QED) is 0.343. The van der Waals surface area contributed by atoms with E-state index < -0.39 is 17.7 Å². The molecule has 1 N–H and O–H groups in total. The van der Waals surface area contributed by atoms with E-state index in [2.05, 4.69) is 0 Å². The van der Waals surface area contributed by atoms with Crippen molar-refractivity contribution in [2.75, 3.05) is 32.2 Å². The first-order valence-electron chi connectivity index (χ1n) is 11.4. The number of aliphatic hydroxyl groups is 1. The van der Waals surface area contributed by atoms with Gasteiger partial charge in [0.05, 0.1) is 11.6 Å². The van der Waals surface area contributed by atoms with Crippen molar-refractivity contribution in [2.24, 2.45) is 0 Å². The van der Waals surface area contributed by atoms with Crippen LogP contribution in [0.1, 0.15) is 22.7 Å². The molecule has 0 aromatic heterocycles. The molecular weight excluding hydrogens is 444 g/mol. The summed E-state index contributed by atoms with van der Waals surface area (Å²) >= 11 is 0. The number of ether oxygens (including phenoxy) is 2. The lowest BCUT2D eigenvalue weighted by Gasteiger charge is -2.26. The third-order valence-electron chi connectivity index (χ3n) is 6.28. The molecule has 7 nitrogen and oxygen atoms in total. The first-order chi connectivity index (χ1) is 16.9. The number of hydrogen-bond donors (Lipinski definition) is 1. The number of aliphatic hydroxyl groups excluding tert-OH is 1. The summed E-state index contributed by atoms with van der Waals surface area (Å²) in [6, 6.07) is 21.4. The third-order valence-corrected chi connectivity index (χ3v) is 6.28. The molecule has 2 heterocycles. The van der Waals surface area contributed by atoms with Crippen molar-refractivity contribution in [1.29, 1.82) is 0 Å². The van der Waals surface area contributed by atoms with Crippen LogP contribution in [0.4, 0.5) is 5.69 Å². The Morgan fingerprint density at radius 2 is 1.63 bits per heavy atom. The fraction of sp³-hybridized carbons (Fsp3) is 0.214. The standard InChI is InChI=1S/C28H26N2O5/c1-29(2)21-11-8-19(9-12-21)25-24(26(31)20-10-13-22-23(16-20)35-15-14-34-22)27(32)28(33)30(25)17-18-6-4-3-5-7-18/h3-13,16,25,31H,14-15,17H2,1-2H3/b26-24+. The predicted molar refractivity (Wildman–Crippen MR) is 132 cm³/mol. The van der Waals surface area contributed by atoms with Crippen LogP contribution in [0.5, 0.6) is 11.5 Å². The lowest BCUT2D eigenvalue weighted by Crippen LogP contribution is -2.29. The number of nitrogens with zero attached hydrogens (tertiary/aromatic N) is 2. The smallest absolute Gasteiger partial charge is 0.295 e. The maximum Gasteiger partial charge on any atom is 0.295 e. The van der Waals surface area contributed by atoms with Gasteiger partial charge >= 0.3 is 0 Å². The second-order valence-corrected chi connectivity index (χ2v) is 8.76. The van der Waals surface area contributed by atoms with Crippen LogP contribution in [-0.4, -0.2) is 49.0 Å². The highest BCUT2D eigenvalue weighted by Gasteiger charge is 2.46. The highest BCUT2D eigenvalue weighted by Crippen LogP contribution is 2.42. The second kappa shape index (κ2) is 9.18. The maximum absolute atomic E-state index is 13.3. The van der Waals surface area contributed by atoms with Crippen molar-refractivity contribution < 1.29 is 24.2 Å². The van der Waals surface area contributed by atoms with Crippen molar-refractivity contribution in [1.82, 2.24) is 4.90 Å². The van der Waals surface area contributed by atoms with Crippen molar-refractivity contribution in [2.45, 2.75) is 12.6 Å². The molecule has 178 valence electrons. The van der Waals surface area contributed by atoms with Gasteiger partial charge < -0.3 is 24.4 Å². The Morgan fingerprint density at radius 3 is 2.31 bits per heavy atom. The molecule has 0 spiro atoms. The number of carbonyl (C=O) groups is 2. The number of rotatable bonds is 5. The minimum Gasteiger partial charge on any atom is -0.507 e. The molecular formula is C28H26N2O5. The van der Waals surface area contributed by atoms with Crippen LogP contribution >= 0.6 is 0 Å². The summed E-state index contributed by atoms with van der Waals surface area (Å²) in [5.41, 5.74) is 3.07. The Labute approximate surface area is 203 Å². The SMILES string of the molecule is CN(C)c1ccc(C2/C(=C(\O)c3ccc4c(c3)OCCO4)C(=O)C(=O)N2Cc2ccccc2)cc1. The van der Waals surface area contributed by atoms with Gasteiger partial charge in [-0.3, -0.25) is 9.59 Å². The molecule has 7 heteroatoms. The molecule has 1 amide bonds. The van der Waals surface area contributed by atoms with Crippen LogP contribution in [0, 0.1) is 0 Å². The fourth-order valence-corrected chi connectivity index (χ4v) is 4.47. The molecule has 3 aromatic rings. The average molecular weight is 471 g/mol. The predicted octanol–water partition coefficient (Wildman–Crippen LogP) is 4.15. The highest BCUT2D eigenvalue weighted by molar-refractivity contribution is 6.46. The summed E-state index contributed by atoms with van der Waals surface area (Å²) in [6.07, 6.45) is 0. The molecule has 0 saturated carbocycles. The van der Waals surface area contributed by atoms with E-state index in [0.717, 1.165) is 16.8 Å². The lowest BCUT2D eigenvalue weighted by atomic mass is 9.94. The Morgan fingerprint density at radius 1 is 0.943 bits per heavy atom. The largest absolute Gasteiger partial charge is 0.507 e. The van der Waals surface area contributed by atoms with Crippen molar-refractivity contribution >= 4 is 23.1 Å². The highest BCUT2D eigenvalue weighted by atomic mass is 16.6. The van der Waals surface area contributed by atoms with E-state index in [-0.39, 0.29) is 17.9 Å². The summed E-state index contributed by atoms with van der Waals surface area (Å²) in [6.45, 7) is 1.09. The fourth-order valence-electron chi connectivity index (χ4n) is 4.47. The average Bonchev–Trinajstić information content (AvgIpc) is 3.13. The van der Waals surface area contributed by atoms with Gasteiger partial charge in [-0.1, -0.05) is 42.5 Å². The van der Waals surface area contributed by atoms with Crippen LogP contribution in [0.15, 0.2) is 78.4 Å². The van der Waals surface area contributed by atoms with Crippen molar-refractivity contribution in [3.05, 3.63) is 95.1 Å². The molecule has 2 aliphatic heterocycles. The number of amides is 1. The summed E-state index contributed by atoms with van der Waals surface area (Å²) in [4.78, 5) is 30.0. The molecule has 1 saturated heterocycles. The summed E-state index contributed by atoms with van der Waals surface area (Å²) in [7, 11) is 3.89. The van der Waals surface area contributed by atoms with E-state index in [9.17, 15) is 14.7 Å². The lowest BCUT2D eigenvalue weighted by molar-refractivity contribution is -0.140. The Hall–Kier alpha value is -4.26. The van der Waals surface area contributed by atoms with Crippen molar-refractivity contribution in [3.63, 3.8) is 0 Å². The van der Waals surface area contributed by atoms with E-state index in [0.29, 0.717) is 30.3 Å². The number of fused-ring (bicyclic) bond motifs is 1. The minimum atomic E-state index is -0.736. The summed E-state index contributed by atoms with van der Waals surface area (Å²) in [5, 5.41) is 11.3. The van der Waals surface area contributed by atoms with Gasteiger partial charge in [0, 0.05) is 31.9 Å². The van der Waals surface area contributed by atoms with Crippen LogP contribution in [0.2, 0.25) is 0 Å². The minimum absolute atomic E-state index is 0.0558. The first kappa shape index (κ1) is 22.5. The molecule has 2 aliphatic rings. The molecule has 1 unspecified atom stereocenters. The molecule has 3 aromatic carbocycles. The first-order valence-corrected chi connectivity index (χ1v) is 11.4. The van der Waals surface area contributed by atoms with Crippen LogP contribution in [0.3, 0.4) is 0 Å². The Balaban J connectivity index is 1.62. The molecule has 0 radical (unpaired) electrons. The molecule has 1 atom stereocenters. The van der Waals surface area contributed by atoms with Gasteiger partial charge in [0.15, 0.2) is 11.5 Å². The number of likely N-dealkylation sites (tertiary alicyclic amines) is 1. The number of Topliss-reactive ketones (excluding diaryl/α,β-unsaturated/α-hetero) is 1. The Kier molecular flexibility index (Phi) is 5.91. The molecule has 0 bridgehead atoms. The zero-order chi connectivity index (χ0) is 24.5. The number of anilines is 1. The van der Waals surface area contributed by atoms with E-state index in [1.807, 2.05) is 73.6 Å². The number of benzene rings is 3. The zero-order valence-corrected chi connectivity index (χ0v) is 19.6. The number of ketones is 1. The van der Waals surface area contributed by atoms with E-state index in [4.69, 9.17) is 9.47 Å². The van der Waals surface area contributed by atoms with Gasteiger partial charge in [-0.2, -0.15) is 0 Å². The second-order valence-electron chi connectivity index (χ2n) is 8.76. The van der Waals surface area contributed by atoms with Crippen LogP contribution < -0.4 is 14.4 Å². The van der Waals surface area contributed by atoms with Gasteiger partial charge in [0.25, 0.3) is 11.7 Å². The molecule has 35 heavy (non-hydrogen) atoms. The van der Waals surface area contributed by atoms with Crippen LogP contribution in [0.25, 0.3) is 5.76 Å². The topological polar surface area (TPSA) is 79.3 Å². The summed E-state index contributed by atoms with van der Waals surface area (Å²) < 4.78 is 11.2.